The highest BCUT2D eigenvalue weighted by Crippen LogP contribution is 2.30. The molecule has 0 radical (unpaired) electrons. The molecule has 9 heteroatoms. The molecule has 2 aromatic heterocycles. The molecule has 4 nitrogen and oxygen atoms in total. The fourth-order valence-corrected chi connectivity index (χ4v) is 1.60. The van der Waals surface area contributed by atoms with Crippen molar-refractivity contribution in [3.05, 3.63) is 33.9 Å². The Hall–Kier alpha value is -1.15. The lowest BCUT2D eigenvalue weighted by Gasteiger charge is -2.04. The molecule has 0 amide bonds. The smallest absolute Gasteiger partial charge is 0.223 e. The number of halogens is 5. The van der Waals surface area contributed by atoms with Gasteiger partial charge in [0.25, 0.3) is 0 Å². The van der Waals surface area contributed by atoms with Crippen LogP contribution in [0, 0.1) is 0 Å². The summed E-state index contributed by atoms with van der Waals surface area (Å²) in [6.45, 7) is 0. The van der Waals surface area contributed by atoms with Crippen LogP contribution in [-0.2, 0) is 6.18 Å². The van der Waals surface area contributed by atoms with Gasteiger partial charge in [-0.2, -0.15) is 18.3 Å². The molecular weight excluding hydrogens is 324 g/mol. The minimum Gasteiger partial charge on any atom is -0.223 e. The third-order valence-electron chi connectivity index (χ3n) is 1.86. The van der Waals surface area contributed by atoms with Crippen molar-refractivity contribution >= 4 is 27.5 Å². The van der Waals surface area contributed by atoms with Crippen LogP contribution in [0.15, 0.2) is 23.2 Å². The molecule has 2 aromatic rings. The second kappa shape index (κ2) is 4.26. The van der Waals surface area contributed by atoms with Gasteiger partial charge in [-0.3, -0.25) is 0 Å². The van der Waals surface area contributed by atoms with E-state index < -0.39 is 11.7 Å². The molecule has 0 saturated heterocycles. The quantitative estimate of drug-likeness (QED) is 0.756. The highest BCUT2D eigenvalue weighted by Gasteiger charge is 2.32. The first-order valence-electron chi connectivity index (χ1n) is 4.18. The van der Waals surface area contributed by atoms with Gasteiger partial charge in [0.05, 0.1) is 16.2 Å². The Bertz CT molecular complexity index is 554. The van der Waals surface area contributed by atoms with E-state index in [1.54, 1.807) is 0 Å². The lowest BCUT2D eigenvalue weighted by Crippen LogP contribution is -2.04. The van der Waals surface area contributed by atoms with Crippen molar-refractivity contribution in [1.29, 1.82) is 0 Å². The molecular formula is C8H3BrClF3N4. The van der Waals surface area contributed by atoms with Gasteiger partial charge in [-0.15, -0.1) is 0 Å². The fraction of sp³-hybridized carbons (Fsp3) is 0.125. The number of nitrogens with zero attached hydrogens (tertiary/aromatic N) is 4. The monoisotopic (exact) mass is 326 g/mol. The summed E-state index contributed by atoms with van der Waals surface area (Å²) >= 11 is 8.78. The van der Waals surface area contributed by atoms with Crippen molar-refractivity contribution in [2.75, 3.05) is 0 Å². The molecule has 0 fully saturated rings. The maximum Gasteiger partial charge on any atom is 0.419 e. The van der Waals surface area contributed by atoms with Crippen LogP contribution in [0.1, 0.15) is 5.56 Å². The number of hydrogen-bond acceptors (Lipinski definition) is 3. The highest BCUT2D eigenvalue weighted by molar-refractivity contribution is 9.10. The molecule has 0 aliphatic rings. The van der Waals surface area contributed by atoms with Crippen LogP contribution in [0.4, 0.5) is 13.2 Å². The van der Waals surface area contributed by atoms with Crippen LogP contribution >= 0.6 is 27.5 Å². The van der Waals surface area contributed by atoms with Crippen molar-refractivity contribution in [1.82, 2.24) is 19.7 Å². The average Bonchev–Trinajstić information content (AvgIpc) is 2.70. The third kappa shape index (κ3) is 2.42. The second-order valence-electron chi connectivity index (χ2n) is 2.97. The Morgan fingerprint density at radius 3 is 2.59 bits per heavy atom. The van der Waals surface area contributed by atoms with Crippen molar-refractivity contribution < 1.29 is 13.2 Å². The SMILES string of the molecule is FC(F)(F)c1cnn(-c2ncnc(Cl)c2Br)c1. The third-order valence-corrected chi connectivity index (χ3v) is 3.10. The zero-order valence-corrected chi connectivity index (χ0v) is 10.3. The zero-order valence-electron chi connectivity index (χ0n) is 7.91. The lowest BCUT2D eigenvalue weighted by molar-refractivity contribution is -0.137. The van der Waals surface area contributed by atoms with Gasteiger partial charge >= 0.3 is 6.18 Å². The summed E-state index contributed by atoms with van der Waals surface area (Å²) in [5.74, 6) is 0.139. The van der Waals surface area contributed by atoms with Crippen molar-refractivity contribution in [2.24, 2.45) is 0 Å². The van der Waals surface area contributed by atoms with Gasteiger partial charge in [-0.05, 0) is 15.9 Å². The van der Waals surface area contributed by atoms with Gasteiger partial charge in [-0.25, -0.2) is 14.6 Å². The molecule has 0 atom stereocenters. The number of alkyl halides is 3. The van der Waals surface area contributed by atoms with Gasteiger partial charge in [0, 0.05) is 6.20 Å². The van der Waals surface area contributed by atoms with E-state index in [0.29, 0.717) is 6.20 Å². The Morgan fingerprint density at radius 1 is 1.29 bits per heavy atom. The standard InChI is InChI=1S/C8H3BrClF3N4/c9-5-6(10)14-3-15-7(5)17-2-4(1-16-17)8(11,12)13/h1-3H. The molecule has 0 N–H and O–H groups in total. The summed E-state index contributed by atoms with van der Waals surface area (Å²) < 4.78 is 38.4. The molecule has 0 bridgehead atoms. The molecule has 0 aliphatic carbocycles. The van der Waals surface area contributed by atoms with E-state index in [0.717, 1.165) is 17.2 Å². The molecule has 2 rings (SSSR count). The minimum atomic E-state index is -4.44. The largest absolute Gasteiger partial charge is 0.419 e. The summed E-state index contributed by atoms with van der Waals surface area (Å²) in [6, 6.07) is 0. The summed E-state index contributed by atoms with van der Waals surface area (Å²) in [7, 11) is 0. The molecule has 17 heavy (non-hydrogen) atoms. The molecule has 2 heterocycles. The second-order valence-corrected chi connectivity index (χ2v) is 4.12. The number of aromatic nitrogens is 4. The van der Waals surface area contributed by atoms with Crippen molar-refractivity contribution in [3.63, 3.8) is 0 Å². The maximum absolute atomic E-state index is 12.4. The predicted octanol–water partition coefficient (Wildman–Crippen LogP) is 3.10. The van der Waals surface area contributed by atoms with E-state index >= 15 is 0 Å². The van der Waals surface area contributed by atoms with E-state index in [1.165, 1.54) is 0 Å². The Balaban J connectivity index is 2.48. The van der Waals surface area contributed by atoms with Crippen LogP contribution in [-0.4, -0.2) is 19.7 Å². The van der Waals surface area contributed by atoms with E-state index in [4.69, 9.17) is 11.6 Å². The first-order chi connectivity index (χ1) is 7.89. The van der Waals surface area contributed by atoms with Gasteiger partial charge in [0.15, 0.2) is 5.82 Å². The van der Waals surface area contributed by atoms with Crippen molar-refractivity contribution in [3.8, 4) is 5.82 Å². The van der Waals surface area contributed by atoms with Crippen LogP contribution in [0.25, 0.3) is 5.82 Å². The molecule has 0 aromatic carbocycles. The van der Waals surface area contributed by atoms with Crippen LogP contribution in [0.5, 0.6) is 0 Å². The van der Waals surface area contributed by atoms with E-state index in [2.05, 4.69) is 31.0 Å². The lowest BCUT2D eigenvalue weighted by atomic mass is 10.4. The molecule has 0 aliphatic heterocycles. The normalized spacial score (nSPS) is 11.8. The predicted molar refractivity (Wildman–Crippen MR) is 56.9 cm³/mol. The van der Waals surface area contributed by atoms with E-state index in [-0.39, 0.29) is 15.4 Å². The van der Waals surface area contributed by atoms with Gasteiger partial charge < -0.3 is 0 Å². The molecule has 0 saturated carbocycles. The van der Waals surface area contributed by atoms with Gasteiger partial charge in [-0.1, -0.05) is 11.6 Å². The minimum absolute atomic E-state index is 0.0964. The topological polar surface area (TPSA) is 43.6 Å². The van der Waals surface area contributed by atoms with Gasteiger partial charge in [0.2, 0.25) is 0 Å². The first kappa shape index (κ1) is 12.3. The van der Waals surface area contributed by atoms with Gasteiger partial charge in [0.1, 0.15) is 11.5 Å². The number of rotatable bonds is 1. The van der Waals surface area contributed by atoms with E-state index in [1.807, 2.05) is 0 Å². The Labute approximate surface area is 107 Å². The summed E-state index contributed by atoms with van der Waals surface area (Å²) in [4.78, 5) is 7.46. The summed E-state index contributed by atoms with van der Waals surface area (Å²) in [5, 5.41) is 3.67. The zero-order chi connectivity index (χ0) is 12.6. The fourth-order valence-electron chi connectivity index (χ4n) is 1.08. The molecule has 90 valence electrons. The first-order valence-corrected chi connectivity index (χ1v) is 5.35. The molecule has 0 unspecified atom stereocenters. The number of hydrogen-bond donors (Lipinski definition) is 0. The Morgan fingerprint density at radius 2 is 2.00 bits per heavy atom. The highest BCUT2D eigenvalue weighted by atomic mass is 79.9. The summed E-state index contributed by atoms with van der Waals surface area (Å²) in [6.07, 6.45) is -1.77. The van der Waals surface area contributed by atoms with Crippen LogP contribution in [0.3, 0.4) is 0 Å². The van der Waals surface area contributed by atoms with E-state index in [9.17, 15) is 13.2 Å². The maximum atomic E-state index is 12.4. The molecule has 0 spiro atoms. The van der Waals surface area contributed by atoms with Crippen LogP contribution in [0.2, 0.25) is 5.15 Å². The van der Waals surface area contributed by atoms with Crippen LogP contribution < -0.4 is 0 Å². The summed E-state index contributed by atoms with van der Waals surface area (Å²) in [5.41, 5.74) is -0.862. The van der Waals surface area contributed by atoms with Crippen molar-refractivity contribution in [2.45, 2.75) is 6.18 Å². The Kier molecular flexibility index (Phi) is 3.09. The average molecular weight is 327 g/mol.